The molecule has 0 aliphatic rings. The first-order chi connectivity index (χ1) is 12.6. The molecule has 5 nitrogen and oxygen atoms in total. The van der Waals surface area contributed by atoms with E-state index in [1.807, 2.05) is 26.0 Å². The highest BCUT2D eigenvalue weighted by Crippen LogP contribution is 2.28. The van der Waals surface area contributed by atoms with Gasteiger partial charge in [0.1, 0.15) is 12.4 Å². The second kappa shape index (κ2) is 10.4. The van der Waals surface area contributed by atoms with Crippen LogP contribution in [-0.2, 0) is 6.61 Å². The average molecular weight is 376 g/mol. The van der Waals surface area contributed by atoms with E-state index < -0.39 is 0 Å². The largest absolute Gasteiger partial charge is 0.490 e. The summed E-state index contributed by atoms with van der Waals surface area (Å²) in [5.74, 6) is 0.861. The van der Waals surface area contributed by atoms with E-state index in [2.05, 4.69) is 15.8 Å². The molecule has 0 unspecified atom stereocenters. The first-order valence-corrected chi connectivity index (χ1v) is 8.80. The number of rotatable bonds is 8. The number of hydrazone groups is 1. The number of benzene rings is 2. The summed E-state index contributed by atoms with van der Waals surface area (Å²) < 4.78 is 25.1. The normalized spacial score (nSPS) is 10.6. The highest BCUT2D eigenvalue weighted by Gasteiger charge is 2.09. The van der Waals surface area contributed by atoms with Crippen molar-refractivity contribution in [2.75, 3.05) is 13.2 Å². The molecule has 0 aromatic heterocycles. The first-order valence-electron chi connectivity index (χ1n) is 8.39. The Bertz CT molecular complexity index is 768. The van der Waals surface area contributed by atoms with Crippen LogP contribution in [0.25, 0.3) is 0 Å². The average Bonchev–Trinajstić information content (AvgIpc) is 2.63. The van der Waals surface area contributed by atoms with Gasteiger partial charge in [0, 0.05) is 17.7 Å². The third kappa shape index (κ3) is 6.00. The summed E-state index contributed by atoms with van der Waals surface area (Å²) in [5.41, 5.74) is 4.22. The van der Waals surface area contributed by atoms with Crippen molar-refractivity contribution in [3.8, 4) is 11.5 Å². The van der Waals surface area contributed by atoms with Gasteiger partial charge in [-0.2, -0.15) is 0 Å². The van der Waals surface area contributed by atoms with Crippen molar-refractivity contribution in [2.24, 2.45) is 0 Å². The monoisotopic (exact) mass is 376 g/mol. The number of nitrogens with one attached hydrogen (secondary N) is 3. The summed E-state index contributed by atoms with van der Waals surface area (Å²) in [6.45, 7) is 5.23. The van der Waals surface area contributed by atoms with E-state index in [-0.39, 0.29) is 12.4 Å². The molecule has 26 heavy (non-hydrogen) atoms. The lowest BCUT2D eigenvalue weighted by molar-refractivity contribution is -0.500. The zero-order valence-electron chi connectivity index (χ0n) is 14.8. The van der Waals surface area contributed by atoms with Crippen LogP contribution >= 0.6 is 12.2 Å². The Labute approximate surface area is 158 Å². The molecule has 0 saturated heterocycles. The quantitative estimate of drug-likeness (QED) is 0.372. The number of halogens is 1. The lowest BCUT2D eigenvalue weighted by atomic mass is 10.2. The van der Waals surface area contributed by atoms with E-state index in [0.717, 1.165) is 12.1 Å². The predicted octanol–water partition coefficient (Wildman–Crippen LogP) is 1.70. The molecule has 7 heteroatoms. The Morgan fingerprint density at radius 3 is 2.69 bits per heavy atom. The van der Waals surface area contributed by atoms with E-state index in [1.165, 1.54) is 6.07 Å². The number of hydrogen-bond acceptors (Lipinski definition) is 3. The lowest BCUT2D eigenvalue weighted by Gasteiger charge is -2.12. The van der Waals surface area contributed by atoms with Gasteiger partial charge in [-0.1, -0.05) is 18.2 Å². The topological polar surface area (TPSA) is 56.5 Å². The Hall–Kier alpha value is -2.67. The first kappa shape index (κ1) is 19.7. The van der Waals surface area contributed by atoms with E-state index in [1.54, 1.807) is 30.5 Å². The van der Waals surface area contributed by atoms with Crippen LogP contribution in [0.15, 0.2) is 42.5 Å². The molecule has 0 bridgehead atoms. The third-order valence-electron chi connectivity index (χ3n) is 3.37. The van der Waals surface area contributed by atoms with E-state index >= 15 is 0 Å². The molecule has 0 atom stereocenters. The van der Waals surface area contributed by atoms with Gasteiger partial charge < -0.3 is 14.8 Å². The molecule has 0 aliphatic carbocycles. The Morgan fingerprint density at radius 1 is 1.15 bits per heavy atom. The van der Waals surface area contributed by atoms with Crippen molar-refractivity contribution in [2.45, 2.75) is 20.5 Å². The van der Waals surface area contributed by atoms with Crippen LogP contribution in [0.3, 0.4) is 0 Å². The van der Waals surface area contributed by atoms with Gasteiger partial charge >= 0.3 is 0 Å². The highest BCUT2D eigenvalue weighted by molar-refractivity contribution is 7.80. The maximum Gasteiger partial charge on any atom is 0.223 e. The molecule has 0 fully saturated rings. The maximum absolute atomic E-state index is 13.7. The molecule has 0 radical (unpaired) electrons. The summed E-state index contributed by atoms with van der Waals surface area (Å²) in [6.07, 6.45) is 1.76. The molecule has 0 aliphatic heterocycles. The van der Waals surface area contributed by atoms with Crippen LogP contribution in [0.2, 0.25) is 0 Å². The fourth-order valence-electron chi connectivity index (χ4n) is 2.16. The molecule has 2 aromatic rings. The molecule has 0 amide bonds. The third-order valence-corrected chi connectivity index (χ3v) is 3.62. The van der Waals surface area contributed by atoms with Gasteiger partial charge in [-0.25, -0.2) is 4.39 Å². The molecule has 2 rings (SSSR count). The second-order valence-corrected chi connectivity index (χ2v) is 5.70. The van der Waals surface area contributed by atoms with Gasteiger partial charge in [-0.05, 0) is 50.3 Å². The lowest BCUT2D eigenvalue weighted by Crippen LogP contribution is -2.82. The molecular weight excluding hydrogens is 353 g/mol. The zero-order chi connectivity index (χ0) is 18.8. The van der Waals surface area contributed by atoms with Gasteiger partial charge in [-0.15, -0.1) is 10.5 Å². The molecule has 3 N–H and O–H groups in total. The van der Waals surface area contributed by atoms with Crippen molar-refractivity contribution in [1.82, 2.24) is 10.7 Å². The number of thiocarbonyl (C=S) groups is 1. The molecule has 0 saturated carbocycles. The zero-order valence-corrected chi connectivity index (χ0v) is 15.7. The van der Waals surface area contributed by atoms with Gasteiger partial charge in [0.15, 0.2) is 17.7 Å². The fourth-order valence-corrected chi connectivity index (χ4v) is 2.37. The summed E-state index contributed by atoms with van der Waals surface area (Å²) in [4.78, 5) is 0. The standard InChI is InChI=1S/C19H22FN3O2S/c1-3-21-19(26)23-22-12-14-9-10-17(18(11-14)24-4-2)25-13-15-7-5-6-8-16(15)20/h5-12H,3-4,13H2,1-2H3,(H2,21,23,26)/p+1. The molecule has 2 aromatic carbocycles. The van der Waals surface area contributed by atoms with E-state index in [9.17, 15) is 4.39 Å². The minimum atomic E-state index is -0.289. The van der Waals surface area contributed by atoms with Crippen molar-refractivity contribution in [1.29, 1.82) is 0 Å². The minimum absolute atomic E-state index is 0.132. The minimum Gasteiger partial charge on any atom is -0.490 e. The van der Waals surface area contributed by atoms with Gasteiger partial charge in [0.25, 0.3) is 0 Å². The van der Waals surface area contributed by atoms with Crippen molar-refractivity contribution in [3.05, 3.63) is 59.4 Å². The number of ether oxygens (including phenoxy) is 2. The van der Waals surface area contributed by atoms with Gasteiger partial charge in [0.2, 0.25) is 5.11 Å². The van der Waals surface area contributed by atoms with Gasteiger partial charge in [0.05, 0.1) is 6.61 Å². The molecule has 138 valence electrons. The van der Waals surface area contributed by atoms with Crippen molar-refractivity contribution >= 4 is 23.5 Å². The van der Waals surface area contributed by atoms with Crippen LogP contribution in [0.1, 0.15) is 25.0 Å². The van der Waals surface area contributed by atoms with Crippen LogP contribution in [-0.4, -0.2) is 24.5 Å². The number of hydrazine groups is 1. The van der Waals surface area contributed by atoms with Crippen molar-refractivity contribution in [3.63, 3.8) is 0 Å². The SMILES string of the molecule is CCNC(=S)N[NH+]=Cc1ccc(OCc2ccccc2F)c(OCC)c1. The highest BCUT2D eigenvalue weighted by atomic mass is 32.1. The maximum atomic E-state index is 13.7. The van der Waals surface area contributed by atoms with Crippen LogP contribution in [0.4, 0.5) is 4.39 Å². The van der Waals surface area contributed by atoms with Crippen LogP contribution in [0, 0.1) is 5.82 Å². The summed E-state index contributed by atoms with van der Waals surface area (Å²) >= 11 is 5.07. The van der Waals surface area contributed by atoms with E-state index in [0.29, 0.717) is 28.8 Å². The summed E-state index contributed by atoms with van der Waals surface area (Å²) in [6, 6.07) is 12.0. The molecule has 0 heterocycles. The van der Waals surface area contributed by atoms with E-state index in [4.69, 9.17) is 21.7 Å². The van der Waals surface area contributed by atoms with Crippen LogP contribution in [0.5, 0.6) is 11.5 Å². The summed E-state index contributed by atoms with van der Waals surface area (Å²) in [7, 11) is 0. The Balaban J connectivity index is 2.06. The van der Waals surface area contributed by atoms with Gasteiger partial charge in [-0.3, -0.25) is 0 Å². The predicted molar refractivity (Wildman–Crippen MR) is 104 cm³/mol. The smallest absolute Gasteiger partial charge is 0.223 e. The summed E-state index contributed by atoms with van der Waals surface area (Å²) in [5, 5.41) is 6.40. The second-order valence-electron chi connectivity index (χ2n) is 5.29. The molecular formula is C19H23FN3O2S+. The molecule has 0 spiro atoms. The number of hydrogen-bond donors (Lipinski definition) is 3. The Morgan fingerprint density at radius 2 is 1.96 bits per heavy atom. The van der Waals surface area contributed by atoms with Crippen molar-refractivity contribution < 1.29 is 19.0 Å². The van der Waals surface area contributed by atoms with Crippen LogP contribution < -0.4 is 25.3 Å². The fraction of sp³-hybridized carbons (Fsp3) is 0.263. The Kier molecular flexibility index (Phi) is 7.82.